The summed E-state index contributed by atoms with van der Waals surface area (Å²) in [5, 5.41) is 0. The summed E-state index contributed by atoms with van der Waals surface area (Å²) in [5.74, 6) is -0.276. The first-order valence-electron chi connectivity index (χ1n) is 7.85. The van der Waals surface area contributed by atoms with Crippen LogP contribution >= 0.6 is 0 Å². The minimum Gasteiger partial charge on any atom is -0.466 e. The molecule has 0 saturated carbocycles. The summed E-state index contributed by atoms with van der Waals surface area (Å²) in [6, 6.07) is 5.35. The smallest absolute Gasteiger partial charge is 0.309 e. The number of likely N-dealkylation sites (tertiary alicyclic amines) is 1. The maximum absolute atomic E-state index is 12.6. The highest BCUT2D eigenvalue weighted by Gasteiger charge is 2.28. The zero-order valence-corrected chi connectivity index (χ0v) is 13.1. The standard InChI is InChI=1S/C17H19N3O3/c1-2-23-17(22)12-5-9-20(10-6-12)16(21)13-3-4-14-15(11-13)19-8-7-18-14/h3-4,7-8,11-12H,2,5-6,9-10H2,1H3. The number of carbonyl (C=O) groups excluding carboxylic acids is 2. The minimum atomic E-state index is -0.152. The van der Waals surface area contributed by atoms with Crippen molar-refractivity contribution < 1.29 is 14.3 Å². The summed E-state index contributed by atoms with van der Waals surface area (Å²) >= 11 is 0. The second-order valence-electron chi connectivity index (χ2n) is 5.58. The molecule has 120 valence electrons. The fourth-order valence-electron chi connectivity index (χ4n) is 2.86. The molecule has 2 aromatic rings. The number of hydrogen-bond donors (Lipinski definition) is 0. The van der Waals surface area contributed by atoms with E-state index in [9.17, 15) is 9.59 Å². The van der Waals surface area contributed by atoms with Crippen molar-refractivity contribution in [2.24, 2.45) is 5.92 Å². The Balaban J connectivity index is 1.67. The highest BCUT2D eigenvalue weighted by atomic mass is 16.5. The van der Waals surface area contributed by atoms with Gasteiger partial charge in [0.05, 0.1) is 23.6 Å². The van der Waals surface area contributed by atoms with Gasteiger partial charge in [0.25, 0.3) is 5.91 Å². The topological polar surface area (TPSA) is 72.4 Å². The lowest BCUT2D eigenvalue weighted by molar-refractivity contribution is -0.149. The van der Waals surface area contributed by atoms with E-state index in [1.807, 2.05) is 0 Å². The molecular formula is C17H19N3O3. The molecule has 6 nitrogen and oxygen atoms in total. The van der Waals surface area contributed by atoms with E-state index in [-0.39, 0.29) is 17.8 Å². The number of carbonyl (C=O) groups is 2. The van der Waals surface area contributed by atoms with Crippen LogP contribution in [0.3, 0.4) is 0 Å². The fraction of sp³-hybridized carbons (Fsp3) is 0.412. The van der Waals surface area contributed by atoms with E-state index < -0.39 is 0 Å². The van der Waals surface area contributed by atoms with Crippen molar-refractivity contribution >= 4 is 22.9 Å². The molecule has 1 saturated heterocycles. The Bertz CT molecular complexity index is 724. The number of fused-ring (bicyclic) bond motifs is 1. The number of nitrogens with zero attached hydrogens (tertiary/aromatic N) is 3. The molecule has 1 aromatic carbocycles. The van der Waals surface area contributed by atoms with Gasteiger partial charge in [-0.25, -0.2) is 0 Å². The Kier molecular flexibility index (Phi) is 4.50. The van der Waals surface area contributed by atoms with Crippen LogP contribution in [0.25, 0.3) is 11.0 Å². The van der Waals surface area contributed by atoms with Gasteiger partial charge in [-0.15, -0.1) is 0 Å². The molecule has 23 heavy (non-hydrogen) atoms. The van der Waals surface area contributed by atoms with Crippen molar-refractivity contribution in [3.8, 4) is 0 Å². The molecule has 0 spiro atoms. The van der Waals surface area contributed by atoms with E-state index >= 15 is 0 Å². The third kappa shape index (κ3) is 3.31. The van der Waals surface area contributed by atoms with Crippen molar-refractivity contribution in [2.75, 3.05) is 19.7 Å². The van der Waals surface area contributed by atoms with Crippen molar-refractivity contribution in [3.63, 3.8) is 0 Å². The summed E-state index contributed by atoms with van der Waals surface area (Å²) in [7, 11) is 0. The zero-order valence-electron chi connectivity index (χ0n) is 13.1. The lowest BCUT2D eigenvalue weighted by Gasteiger charge is -2.31. The normalized spacial score (nSPS) is 15.6. The van der Waals surface area contributed by atoms with Gasteiger partial charge in [-0.05, 0) is 38.0 Å². The van der Waals surface area contributed by atoms with Gasteiger partial charge in [0, 0.05) is 31.0 Å². The lowest BCUT2D eigenvalue weighted by Crippen LogP contribution is -2.40. The van der Waals surface area contributed by atoms with E-state index in [2.05, 4.69) is 9.97 Å². The summed E-state index contributed by atoms with van der Waals surface area (Å²) in [6.45, 7) is 3.34. The summed E-state index contributed by atoms with van der Waals surface area (Å²) < 4.78 is 5.05. The Morgan fingerprint density at radius 1 is 1.17 bits per heavy atom. The van der Waals surface area contributed by atoms with Gasteiger partial charge in [0.2, 0.25) is 0 Å². The predicted molar refractivity (Wildman–Crippen MR) is 84.8 cm³/mol. The minimum absolute atomic E-state index is 0.0279. The lowest BCUT2D eigenvalue weighted by atomic mass is 9.96. The van der Waals surface area contributed by atoms with Crippen LogP contribution in [0.5, 0.6) is 0 Å². The van der Waals surface area contributed by atoms with Gasteiger partial charge in [-0.2, -0.15) is 0 Å². The molecular weight excluding hydrogens is 294 g/mol. The molecule has 0 unspecified atom stereocenters. The second-order valence-corrected chi connectivity index (χ2v) is 5.58. The number of esters is 1. The largest absolute Gasteiger partial charge is 0.466 e. The van der Waals surface area contributed by atoms with Crippen molar-refractivity contribution in [1.29, 1.82) is 0 Å². The second kappa shape index (κ2) is 6.73. The van der Waals surface area contributed by atoms with Crippen LogP contribution in [0.4, 0.5) is 0 Å². The molecule has 3 rings (SSSR count). The van der Waals surface area contributed by atoms with E-state index in [4.69, 9.17) is 4.74 Å². The first-order valence-corrected chi connectivity index (χ1v) is 7.85. The quantitative estimate of drug-likeness (QED) is 0.811. The number of ether oxygens (including phenoxy) is 1. The molecule has 1 aromatic heterocycles. The van der Waals surface area contributed by atoms with Crippen molar-refractivity contribution in [2.45, 2.75) is 19.8 Å². The summed E-state index contributed by atoms with van der Waals surface area (Å²) in [5.41, 5.74) is 2.08. The SMILES string of the molecule is CCOC(=O)C1CCN(C(=O)c2ccc3nccnc3c2)CC1. The monoisotopic (exact) mass is 313 g/mol. The van der Waals surface area contributed by atoms with Crippen LogP contribution < -0.4 is 0 Å². The molecule has 0 radical (unpaired) electrons. The number of piperidine rings is 1. The molecule has 1 fully saturated rings. The molecule has 0 N–H and O–H groups in total. The Morgan fingerprint density at radius 2 is 1.87 bits per heavy atom. The molecule has 0 atom stereocenters. The first kappa shape index (κ1) is 15.4. The summed E-state index contributed by atoms with van der Waals surface area (Å²) in [6.07, 6.45) is 4.54. The van der Waals surface area contributed by atoms with Crippen molar-refractivity contribution in [3.05, 3.63) is 36.2 Å². The third-order valence-electron chi connectivity index (χ3n) is 4.12. The molecule has 6 heteroatoms. The fourth-order valence-corrected chi connectivity index (χ4v) is 2.86. The van der Waals surface area contributed by atoms with Gasteiger partial charge in [-0.3, -0.25) is 19.6 Å². The molecule has 1 aliphatic heterocycles. The van der Waals surface area contributed by atoms with Gasteiger partial charge >= 0.3 is 5.97 Å². The van der Waals surface area contributed by atoms with Crippen LogP contribution in [0, 0.1) is 5.92 Å². The maximum atomic E-state index is 12.6. The maximum Gasteiger partial charge on any atom is 0.309 e. The van der Waals surface area contributed by atoms with E-state index in [1.165, 1.54) is 0 Å². The average molecular weight is 313 g/mol. The number of hydrogen-bond acceptors (Lipinski definition) is 5. The Hall–Kier alpha value is -2.50. The van der Waals surface area contributed by atoms with Gasteiger partial charge < -0.3 is 9.64 Å². The van der Waals surface area contributed by atoms with Gasteiger partial charge in [0.15, 0.2) is 0 Å². The zero-order chi connectivity index (χ0) is 16.2. The highest BCUT2D eigenvalue weighted by Crippen LogP contribution is 2.21. The number of amides is 1. The number of aromatic nitrogens is 2. The van der Waals surface area contributed by atoms with Crippen LogP contribution in [0.1, 0.15) is 30.1 Å². The Labute approximate surface area is 134 Å². The predicted octanol–water partition coefficient (Wildman–Crippen LogP) is 2.05. The molecule has 0 aliphatic carbocycles. The van der Waals surface area contributed by atoms with Crippen LogP contribution in [0.15, 0.2) is 30.6 Å². The van der Waals surface area contributed by atoms with Gasteiger partial charge in [-0.1, -0.05) is 0 Å². The van der Waals surface area contributed by atoms with Gasteiger partial charge in [0.1, 0.15) is 0 Å². The molecule has 1 aliphatic rings. The number of benzene rings is 1. The van der Waals surface area contributed by atoms with Crippen LogP contribution in [-0.2, 0) is 9.53 Å². The van der Waals surface area contributed by atoms with Crippen LogP contribution in [-0.4, -0.2) is 46.4 Å². The average Bonchev–Trinajstić information content (AvgIpc) is 2.61. The molecule has 0 bridgehead atoms. The summed E-state index contributed by atoms with van der Waals surface area (Å²) in [4.78, 5) is 34.6. The molecule has 2 heterocycles. The Morgan fingerprint density at radius 3 is 2.57 bits per heavy atom. The molecule has 1 amide bonds. The van der Waals surface area contributed by atoms with Crippen LogP contribution in [0.2, 0.25) is 0 Å². The van der Waals surface area contributed by atoms with E-state index in [0.717, 1.165) is 5.52 Å². The highest BCUT2D eigenvalue weighted by molar-refractivity contribution is 5.97. The first-order chi connectivity index (χ1) is 11.2. The van der Waals surface area contributed by atoms with E-state index in [0.29, 0.717) is 43.6 Å². The third-order valence-corrected chi connectivity index (χ3v) is 4.12. The van der Waals surface area contributed by atoms with Crippen molar-refractivity contribution in [1.82, 2.24) is 14.9 Å². The van der Waals surface area contributed by atoms with E-state index in [1.54, 1.807) is 42.4 Å². The number of rotatable bonds is 3.